The van der Waals surface area contributed by atoms with Crippen molar-refractivity contribution in [3.63, 3.8) is 0 Å². The Morgan fingerprint density at radius 3 is 2.93 bits per heavy atom. The van der Waals surface area contributed by atoms with Crippen LogP contribution in [0.3, 0.4) is 0 Å². The number of likely N-dealkylation sites (N-methyl/N-ethyl adjacent to an activating group) is 1. The molecule has 1 fully saturated rings. The molecule has 1 aliphatic heterocycles. The number of rotatable bonds is 7. The van der Waals surface area contributed by atoms with Crippen molar-refractivity contribution < 1.29 is 9.47 Å². The third-order valence-corrected chi connectivity index (χ3v) is 2.62. The molecule has 0 radical (unpaired) electrons. The van der Waals surface area contributed by atoms with Gasteiger partial charge in [0.15, 0.2) is 0 Å². The van der Waals surface area contributed by atoms with Crippen molar-refractivity contribution in [2.45, 2.75) is 45.3 Å². The van der Waals surface area contributed by atoms with E-state index in [1.165, 1.54) is 6.42 Å². The fourth-order valence-electron chi connectivity index (χ4n) is 1.65. The highest BCUT2D eigenvalue weighted by molar-refractivity contribution is 4.66. The molecule has 0 aromatic carbocycles. The van der Waals surface area contributed by atoms with Crippen molar-refractivity contribution in [1.82, 2.24) is 5.32 Å². The van der Waals surface area contributed by atoms with Crippen LogP contribution in [0.15, 0.2) is 0 Å². The molecule has 14 heavy (non-hydrogen) atoms. The normalized spacial score (nSPS) is 24.0. The van der Waals surface area contributed by atoms with Gasteiger partial charge in [-0.1, -0.05) is 13.8 Å². The van der Waals surface area contributed by atoms with Crippen LogP contribution in [0.4, 0.5) is 0 Å². The van der Waals surface area contributed by atoms with Gasteiger partial charge in [-0.3, -0.25) is 0 Å². The average molecular weight is 201 g/mol. The minimum Gasteiger partial charge on any atom is -0.376 e. The molecule has 3 nitrogen and oxygen atoms in total. The second kappa shape index (κ2) is 7.21. The summed E-state index contributed by atoms with van der Waals surface area (Å²) in [7, 11) is 0. The first kappa shape index (κ1) is 12.0. The smallest absolute Gasteiger partial charge is 0.0809 e. The van der Waals surface area contributed by atoms with Crippen LogP contribution in [-0.4, -0.2) is 38.5 Å². The molecule has 0 saturated carbocycles. The molecule has 0 aromatic rings. The minimum absolute atomic E-state index is 0.346. The molecule has 1 aliphatic rings. The molecule has 2 atom stereocenters. The van der Waals surface area contributed by atoms with E-state index in [1.54, 1.807) is 0 Å². The first-order valence-electron chi connectivity index (χ1n) is 5.80. The van der Waals surface area contributed by atoms with Crippen molar-refractivity contribution >= 4 is 0 Å². The van der Waals surface area contributed by atoms with Crippen LogP contribution in [-0.2, 0) is 9.47 Å². The number of hydrogen-bond donors (Lipinski definition) is 1. The number of nitrogens with one attached hydrogen (secondary N) is 1. The molecule has 0 spiro atoms. The first-order chi connectivity index (χ1) is 6.86. The van der Waals surface area contributed by atoms with Crippen molar-refractivity contribution in [2.24, 2.45) is 0 Å². The fraction of sp³-hybridized carbons (Fsp3) is 1.00. The lowest BCUT2D eigenvalue weighted by Gasteiger charge is -2.18. The summed E-state index contributed by atoms with van der Waals surface area (Å²) < 4.78 is 11.3. The van der Waals surface area contributed by atoms with Crippen molar-refractivity contribution in [1.29, 1.82) is 0 Å². The number of ether oxygens (including phenoxy) is 2. The van der Waals surface area contributed by atoms with Gasteiger partial charge in [0.1, 0.15) is 0 Å². The van der Waals surface area contributed by atoms with Crippen molar-refractivity contribution in [2.75, 3.05) is 26.3 Å². The predicted molar refractivity (Wildman–Crippen MR) is 57.5 cm³/mol. The first-order valence-corrected chi connectivity index (χ1v) is 5.80. The zero-order valence-corrected chi connectivity index (χ0v) is 9.42. The Morgan fingerprint density at radius 2 is 2.36 bits per heavy atom. The Balaban J connectivity index is 2.06. The lowest BCUT2D eigenvalue weighted by Crippen LogP contribution is -2.31. The molecule has 0 aliphatic carbocycles. The average Bonchev–Trinajstić information content (AvgIpc) is 2.71. The highest BCUT2D eigenvalue weighted by atomic mass is 16.5. The molecule has 0 amide bonds. The molecule has 3 heteroatoms. The molecular formula is C11H23NO2. The van der Waals surface area contributed by atoms with Gasteiger partial charge in [-0.25, -0.2) is 0 Å². The van der Waals surface area contributed by atoms with Crippen LogP contribution in [0.2, 0.25) is 0 Å². The zero-order valence-electron chi connectivity index (χ0n) is 9.42. The minimum atomic E-state index is 0.346. The molecule has 1 saturated heterocycles. The zero-order chi connectivity index (χ0) is 10.2. The second-order valence-electron chi connectivity index (χ2n) is 3.81. The summed E-state index contributed by atoms with van der Waals surface area (Å²) in [5.41, 5.74) is 0. The molecule has 1 heterocycles. The van der Waals surface area contributed by atoms with Crippen molar-refractivity contribution in [3.8, 4) is 0 Å². The third-order valence-electron chi connectivity index (χ3n) is 2.62. The Kier molecular flexibility index (Phi) is 6.15. The lowest BCUT2D eigenvalue weighted by molar-refractivity contribution is -0.0206. The van der Waals surface area contributed by atoms with Crippen LogP contribution >= 0.6 is 0 Å². The summed E-state index contributed by atoms with van der Waals surface area (Å²) in [5.74, 6) is 0. The van der Waals surface area contributed by atoms with Gasteiger partial charge in [-0.15, -0.1) is 0 Å². The van der Waals surface area contributed by atoms with E-state index in [2.05, 4.69) is 19.2 Å². The summed E-state index contributed by atoms with van der Waals surface area (Å²) in [6, 6.07) is 0. The van der Waals surface area contributed by atoms with E-state index in [4.69, 9.17) is 9.47 Å². The summed E-state index contributed by atoms with van der Waals surface area (Å²) >= 11 is 0. The van der Waals surface area contributed by atoms with Crippen molar-refractivity contribution in [3.05, 3.63) is 0 Å². The van der Waals surface area contributed by atoms with Crippen LogP contribution in [0.1, 0.15) is 33.1 Å². The maximum absolute atomic E-state index is 5.79. The van der Waals surface area contributed by atoms with Crippen LogP contribution in [0, 0.1) is 0 Å². The van der Waals surface area contributed by atoms with E-state index in [1.807, 2.05) is 0 Å². The molecular weight excluding hydrogens is 178 g/mol. The monoisotopic (exact) mass is 201 g/mol. The van der Waals surface area contributed by atoms with E-state index >= 15 is 0 Å². The summed E-state index contributed by atoms with van der Waals surface area (Å²) in [4.78, 5) is 0. The van der Waals surface area contributed by atoms with Gasteiger partial charge in [0, 0.05) is 13.2 Å². The van der Waals surface area contributed by atoms with Gasteiger partial charge in [-0.2, -0.15) is 0 Å². The van der Waals surface area contributed by atoms with E-state index in [-0.39, 0.29) is 0 Å². The SMILES string of the molecule is CCNCC(CC)OCC1CCCO1. The highest BCUT2D eigenvalue weighted by Gasteiger charge is 2.17. The number of hydrogen-bond acceptors (Lipinski definition) is 3. The Hall–Kier alpha value is -0.120. The Morgan fingerprint density at radius 1 is 1.50 bits per heavy atom. The maximum Gasteiger partial charge on any atom is 0.0809 e. The van der Waals surface area contributed by atoms with Crippen LogP contribution in [0.5, 0.6) is 0 Å². The van der Waals surface area contributed by atoms with Gasteiger partial charge in [0.05, 0.1) is 18.8 Å². The molecule has 1 N–H and O–H groups in total. The third kappa shape index (κ3) is 4.40. The largest absolute Gasteiger partial charge is 0.376 e. The predicted octanol–water partition coefficient (Wildman–Crippen LogP) is 1.57. The maximum atomic E-state index is 5.79. The van der Waals surface area contributed by atoms with Gasteiger partial charge < -0.3 is 14.8 Å². The quantitative estimate of drug-likeness (QED) is 0.678. The van der Waals surface area contributed by atoms with E-state index < -0.39 is 0 Å². The van der Waals surface area contributed by atoms with Gasteiger partial charge in [0.25, 0.3) is 0 Å². The second-order valence-corrected chi connectivity index (χ2v) is 3.81. The fourth-order valence-corrected chi connectivity index (χ4v) is 1.65. The standard InChI is InChI=1S/C11H23NO2/c1-3-10(8-12-4-2)14-9-11-6-5-7-13-11/h10-12H,3-9H2,1-2H3. The summed E-state index contributed by atoms with van der Waals surface area (Å²) in [6.07, 6.45) is 4.12. The van der Waals surface area contributed by atoms with Gasteiger partial charge in [-0.05, 0) is 25.8 Å². The highest BCUT2D eigenvalue weighted by Crippen LogP contribution is 2.13. The lowest BCUT2D eigenvalue weighted by atomic mass is 10.2. The molecule has 2 unspecified atom stereocenters. The van der Waals surface area contributed by atoms with Crippen LogP contribution in [0.25, 0.3) is 0 Å². The Bertz CT molecular complexity index is 135. The topological polar surface area (TPSA) is 30.5 Å². The summed E-state index contributed by atoms with van der Waals surface area (Å²) in [5, 5.41) is 3.31. The van der Waals surface area contributed by atoms with E-state index in [0.29, 0.717) is 12.2 Å². The molecule has 1 rings (SSSR count). The molecule has 84 valence electrons. The Labute approximate surface area is 87.2 Å². The van der Waals surface area contributed by atoms with Crippen LogP contribution < -0.4 is 5.32 Å². The van der Waals surface area contributed by atoms with E-state index in [9.17, 15) is 0 Å². The molecule has 0 bridgehead atoms. The van der Waals surface area contributed by atoms with E-state index in [0.717, 1.165) is 39.1 Å². The van der Waals surface area contributed by atoms with Gasteiger partial charge in [0.2, 0.25) is 0 Å². The summed E-state index contributed by atoms with van der Waals surface area (Å²) in [6.45, 7) is 7.94. The van der Waals surface area contributed by atoms with Gasteiger partial charge >= 0.3 is 0 Å². The molecule has 0 aromatic heterocycles.